The molecule has 0 radical (unpaired) electrons. The first kappa shape index (κ1) is 24.6. The first-order valence-corrected chi connectivity index (χ1v) is 13.6. The highest BCUT2D eigenvalue weighted by atomic mass is 32.2. The van der Waals surface area contributed by atoms with Crippen LogP contribution < -0.4 is 5.32 Å². The standard InChI is InChI=1S/C24H30N4O4S2/c1-14(2)24-26-22(27-32-24)20-13-21(17(5)33-20)34(30,31)28-10-8-18(9-11-28)23(29)25-19-7-6-15(3)12-16(19)4/h6-7,12-14,18H,8-11H2,1-5H3,(H,25,29). The molecule has 1 aliphatic rings. The smallest absolute Gasteiger partial charge is 0.244 e. The average Bonchev–Trinajstić information content (AvgIpc) is 3.43. The number of thiophene rings is 1. The lowest BCUT2D eigenvalue weighted by Crippen LogP contribution is -2.41. The number of carbonyl (C=O) groups is 1. The number of nitrogens with one attached hydrogen (secondary N) is 1. The zero-order valence-corrected chi connectivity index (χ0v) is 21.7. The molecule has 182 valence electrons. The van der Waals surface area contributed by atoms with Gasteiger partial charge in [-0.2, -0.15) is 9.29 Å². The predicted molar refractivity (Wildman–Crippen MR) is 132 cm³/mol. The summed E-state index contributed by atoms with van der Waals surface area (Å²) < 4.78 is 33.5. The van der Waals surface area contributed by atoms with E-state index in [4.69, 9.17) is 4.52 Å². The molecule has 3 aromatic rings. The van der Waals surface area contributed by atoms with Crippen molar-refractivity contribution in [1.82, 2.24) is 14.4 Å². The molecule has 0 bridgehead atoms. The van der Waals surface area contributed by atoms with Crippen molar-refractivity contribution in [3.63, 3.8) is 0 Å². The van der Waals surface area contributed by atoms with Gasteiger partial charge in [0.05, 0.1) is 9.77 Å². The molecule has 10 heteroatoms. The Morgan fingerprint density at radius 3 is 2.50 bits per heavy atom. The fourth-order valence-electron chi connectivity index (χ4n) is 4.09. The van der Waals surface area contributed by atoms with E-state index in [-0.39, 0.29) is 22.6 Å². The molecule has 1 saturated heterocycles. The molecule has 1 aromatic carbocycles. The molecule has 8 nitrogen and oxygen atoms in total. The predicted octanol–water partition coefficient (Wildman–Crippen LogP) is 4.89. The second-order valence-electron chi connectivity index (χ2n) is 9.13. The monoisotopic (exact) mass is 502 g/mol. The summed E-state index contributed by atoms with van der Waals surface area (Å²) in [4.78, 5) is 18.8. The maximum absolute atomic E-state index is 13.4. The molecule has 0 saturated carbocycles. The summed E-state index contributed by atoms with van der Waals surface area (Å²) in [5.41, 5.74) is 2.95. The third-order valence-corrected chi connectivity index (χ3v) is 9.31. The molecule has 4 rings (SSSR count). The van der Waals surface area contributed by atoms with Gasteiger partial charge in [0.25, 0.3) is 0 Å². The van der Waals surface area contributed by atoms with E-state index in [0.717, 1.165) is 16.8 Å². The van der Waals surface area contributed by atoms with E-state index < -0.39 is 10.0 Å². The van der Waals surface area contributed by atoms with E-state index in [0.29, 0.717) is 47.4 Å². The van der Waals surface area contributed by atoms with Crippen LogP contribution in [0.2, 0.25) is 0 Å². The highest BCUT2D eigenvalue weighted by Crippen LogP contribution is 2.35. The van der Waals surface area contributed by atoms with Gasteiger partial charge >= 0.3 is 0 Å². The number of aryl methyl sites for hydroxylation is 3. The van der Waals surface area contributed by atoms with Crippen molar-refractivity contribution in [2.45, 2.75) is 58.3 Å². The number of amides is 1. The Morgan fingerprint density at radius 1 is 1.18 bits per heavy atom. The lowest BCUT2D eigenvalue weighted by atomic mass is 9.97. The first-order chi connectivity index (χ1) is 16.1. The van der Waals surface area contributed by atoms with E-state index in [9.17, 15) is 13.2 Å². The first-order valence-electron chi connectivity index (χ1n) is 11.4. The molecule has 1 fully saturated rings. The number of sulfonamides is 1. The summed E-state index contributed by atoms with van der Waals surface area (Å²) in [7, 11) is -3.68. The van der Waals surface area contributed by atoms with Crippen molar-refractivity contribution in [1.29, 1.82) is 0 Å². The fourth-order valence-corrected chi connectivity index (χ4v) is 7.04. The van der Waals surface area contributed by atoms with Gasteiger partial charge in [-0.15, -0.1) is 11.3 Å². The zero-order chi connectivity index (χ0) is 24.6. The molecule has 1 N–H and O–H groups in total. The van der Waals surface area contributed by atoms with Gasteiger partial charge in [0.15, 0.2) is 0 Å². The Morgan fingerprint density at radius 2 is 1.88 bits per heavy atom. The van der Waals surface area contributed by atoms with Gasteiger partial charge < -0.3 is 9.84 Å². The number of rotatable bonds is 6. The Bertz CT molecular complexity index is 1300. The molecule has 1 aliphatic heterocycles. The van der Waals surface area contributed by atoms with Gasteiger partial charge in [-0.1, -0.05) is 36.7 Å². The van der Waals surface area contributed by atoms with E-state index in [2.05, 4.69) is 15.5 Å². The maximum Gasteiger partial charge on any atom is 0.244 e. The van der Waals surface area contributed by atoms with Crippen LogP contribution >= 0.6 is 11.3 Å². The van der Waals surface area contributed by atoms with E-state index in [1.165, 1.54) is 15.6 Å². The van der Waals surface area contributed by atoms with Crippen LogP contribution in [0.4, 0.5) is 5.69 Å². The number of hydrogen-bond donors (Lipinski definition) is 1. The maximum atomic E-state index is 13.4. The Hall–Kier alpha value is -2.56. The Balaban J connectivity index is 1.43. The van der Waals surface area contributed by atoms with Gasteiger partial charge in [0.2, 0.25) is 27.6 Å². The normalized spacial score (nSPS) is 15.7. The third kappa shape index (κ3) is 4.94. The number of carbonyl (C=O) groups excluding carboxylic acids is 1. The number of hydrogen-bond acceptors (Lipinski definition) is 7. The molecule has 3 heterocycles. The minimum atomic E-state index is -3.68. The Labute approximate surface area is 204 Å². The molecule has 34 heavy (non-hydrogen) atoms. The number of benzene rings is 1. The fraction of sp³-hybridized carbons (Fsp3) is 0.458. The van der Waals surface area contributed by atoms with Gasteiger partial charge in [-0.3, -0.25) is 4.79 Å². The van der Waals surface area contributed by atoms with Gasteiger partial charge in [-0.25, -0.2) is 8.42 Å². The van der Waals surface area contributed by atoms with Crippen LogP contribution in [0.5, 0.6) is 0 Å². The lowest BCUT2D eigenvalue weighted by Gasteiger charge is -2.30. The topological polar surface area (TPSA) is 105 Å². The summed E-state index contributed by atoms with van der Waals surface area (Å²) in [5.74, 6) is 0.738. The summed E-state index contributed by atoms with van der Waals surface area (Å²) in [6.07, 6.45) is 0.962. The second kappa shape index (κ2) is 9.59. The molecule has 0 unspecified atom stereocenters. The van der Waals surface area contributed by atoms with Crippen LogP contribution in [-0.2, 0) is 14.8 Å². The van der Waals surface area contributed by atoms with Gasteiger partial charge in [-0.05, 0) is 51.3 Å². The summed E-state index contributed by atoms with van der Waals surface area (Å²) in [6, 6.07) is 7.53. The van der Waals surface area contributed by atoms with Crippen LogP contribution in [0.25, 0.3) is 10.7 Å². The van der Waals surface area contributed by atoms with Crippen molar-refractivity contribution < 1.29 is 17.7 Å². The highest BCUT2D eigenvalue weighted by Gasteiger charge is 2.34. The highest BCUT2D eigenvalue weighted by molar-refractivity contribution is 7.89. The molecular weight excluding hydrogens is 472 g/mol. The molecule has 0 atom stereocenters. The van der Waals surface area contributed by atoms with Crippen molar-refractivity contribution in [3.8, 4) is 10.7 Å². The van der Waals surface area contributed by atoms with Crippen LogP contribution in [0.15, 0.2) is 33.7 Å². The molecular formula is C24H30N4O4S2. The van der Waals surface area contributed by atoms with Gasteiger partial charge in [0, 0.05) is 35.5 Å². The molecule has 2 aromatic heterocycles. The SMILES string of the molecule is Cc1ccc(NC(=O)C2CCN(S(=O)(=O)c3cc(-c4noc(C(C)C)n4)sc3C)CC2)c(C)c1. The van der Waals surface area contributed by atoms with Crippen molar-refractivity contribution >= 4 is 33.0 Å². The van der Waals surface area contributed by atoms with Crippen LogP contribution in [-0.4, -0.2) is 41.9 Å². The summed E-state index contributed by atoms with van der Waals surface area (Å²) in [6.45, 7) is 10.3. The summed E-state index contributed by atoms with van der Waals surface area (Å²) in [5, 5.41) is 7.01. The summed E-state index contributed by atoms with van der Waals surface area (Å²) >= 11 is 1.34. The Kier molecular flexibility index (Phi) is 6.93. The van der Waals surface area contributed by atoms with Crippen molar-refractivity contribution in [2.24, 2.45) is 5.92 Å². The minimum Gasteiger partial charge on any atom is -0.339 e. The van der Waals surface area contributed by atoms with Gasteiger partial charge in [0.1, 0.15) is 0 Å². The average molecular weight is 503 g/mol. The van der Waals surface area contributed by atoms with Crippen LogP contribution in [0, 0.1) is 26.7 Å². The quantitative estimate of drug-likeness (QED) is 0.515. The number of aromatic nitrogens is 2. The number of nitrogens with zero attached hydrogens (tertiary/aromatic N) is 3. The van der Waals surface area contributed by atoms with Crippen molar-refractivity contribution in [3.05, 3.63) is 46.2 Å². The molecule has 1 amide bonds. The zero-order valence-electron chi connectivity index (χ0n) is 20.1. The number of piperidine rings is 1. The number of anilines is 1. The van der Waals surface area contributed by atoms with E-state index >= 15 is 0 Å². The van der Waals surface area contributed by atoms with Crippen LogP contribution in [0.3, 0.4) is 0 Å². The van der Waals surface area contributed by atoms with Crippen LogP contribution in [0.1, 0.15) is 54.5 Å². The third-order valence-electron chi connectivity index (χ3n) is 6.11. The molecule has 0 spiro atoms. The van der Waals surface area contributed by atoms with E-state index in [1.807, 2.05) is 45.9 Å². The van der Waals surface area contributed by atoms with Crippen molar-refractivity contribution in [2.75, 3.05) is 18.4 Å². The second-order valence-corrected chi connectivity index (χ2v) is 12.3. The minimum absolute atomic E-state index is 0.0592. The lowest BCUT2D eigenvalue weighted by molar-refractivity contribution is -0.120. The van der Waals surface area contributed by atoms with E-state index in [1.54, 1.807) is 13.0 Å². The largest absolute Gasteiger partial charge is 0.339 e. The molecule has 0 aliphatic carbocycles.